The topological polar surface area (TPSA) is 117 Å². The van der Waals surface area contributed by atoms with E-state index in [1.54, 1.807) is 19.1 Å². The van der Waals surface area contributed by atoms with Crippen LogP contribution in [0.1, 0.15) is 47.6 Å². The summed E-state index contributed by atoms with van der Waals surface area (Å²) < 4.78 is 49.1. The van der Waals surface area contributed by atoms with Gasteiger partial charge >= 0.3 is 0 Å². The van der Waals surface area contributed by atoms with Crippen LogP contribution in [0.5, 0.6) is 5.75 Å². The van der Waals surface area contributed by atoms with Crippen LogP contribution >= 0.6 is 0 Å². The molecule has 2 heterocycles. The zero-order valence-corrected chi connectivity index (χ0v) is 22.9. The Morgan fingerprint density at radius 1 is 1.10 bits per heavy atom. The molecule has 5 rings (SSSR count). The highest BCUT2D eigenvalue weighted by molar-refractivity contribution is 5.99. The van der Waals surface area contributed by atoms with Crippen molar-refractivity contribution in [3.05, 3.63) is 82.7 Å². The number of hydrogen-bond acceptors (Lipinski definition) is 7. The van der Waals surface area contributed by atoms with Crippen molar-refractivity contribution < 1.29 is 32.9 Å². The number of pyridine rings is 1. The number of rotatable bonds is 8. The fourth-order valence-corrected chi connectivity index (χ4v) is 4.90. The Morgan fingerprint density at radius 3 is 2.39 bits per heavy atom. The Balaban J connectivity index is 1.54. The van der Waals surface area contributed by atoms with Crippen molar-refractivity contribution in [3.63, 3.8) is 0 Å². The van der Waals surface area contributed by atoms with Gasteiger partial charge in [-0.25, -0.2) is 18.2 Å². The second-order valence-corrected chi connectivity index (χ2v) is 10.9. The number of hydrogen-bond donors (Lipinski definition) is 3. The number of aliphatic hydroxyl groups is 2. The fourth-order valence-electron chi connectivity index (χ4n) is 4.90. The number of carbonyl (C=O) groups excluding carboxylic acids is 1. The molecule has 1 unspecified atom stereocenters. The molecular formula is C30H29F3N4O4. The van der Waals surface area contributed by atoms with E-state index in [1.807, 2.05) is 0 Å². The summed E-state index contributed by atoms with van der Waals surface area (Å²) in [4.78, 5) is 17.6. The summed E-state index contributed by atoms with van der Waals surface area (Å²) >= 11 is 0. The van der Waals surface area contributed by atoms with Crippen LogP contribution in [0.4, 0.5) is 13.2 Å². The summed E-state index contributed by atoms with van der Waals surface area (Å²) in [5.41, 5.74) is -2.85. The van der Waals surface area contributed by atoms with E-state index in [0.717, 1.165) is 12.1 Å². The first-order chi connectivity index (χ1) is 19.3. The van der Waals surface area contributed by atoms with Crippen molar-refractivity contribution in [2.45, 2.75) is 44.6 Å². The Labute approximate surface area is 234 Å². The van der Waals surface area contributed by atoms with Crippen LogP contribution in [-0.4, -0.2) is 51.1 Å². The number of carbonyl (C=O) groups is 1. The van der Waals surface area contributed by atoms with Crippen molar-refractivity contribution in [1.82, 2.24) is 20.5 Å². The highest BCUT2D eigenvalue weighted by Crippen LogP contribution is 2.48. The van der Waals surface area contributed by atoms with Crippen LogP contribution in [0.2, 0.25) is 0 Å². The van der Waals surface area contributed by atoms with Gasteiger partial charge in [-0.1, -0.05) is 0 Å². The molecule has 0 bridgehead atoms. The second-order valence-electron chi connectivity index (χ2n) is 10.9. The third-order valence-corrected chi connectivity index (χ3v) is 7.28. The maximum Gasteiger partial charge on any atom is 0.251 e. The van der Waals surface area contributed by atoms with Gasteiger partial charge in [-0.05, 0) is 75.7 Å². The second kappa shape index (κ2) is 10.4. The average molecular weight is 567 g/mol. The number of amides is 1. The smallest absolute Gasteiger partial charge is 0.251 e. The molecule has 1 aliphatic rings. The van der Waals surface area contributed by atoms with Gasteiger partial charge < -0.3 is 20.3 Å². The van der Waals surface area contributed by atoms with Gasteiger partial charge in [0.15, 0.2) is 5.82 Å². The molecule has 3 atom stereocenters. The molecule has 1 amide bonds. The maximum atomic E-state index is 15.6. The number of benzene rings is 2. The van der Waals surface area contributed by atoms with Crippen molar-refractivity contribution in [3.8, 4) is 17.0 Å². The van der Waals surface area contributed by atoms with Crippen molar-refractivity contribution in [1.29, 1.82) is 0 Å². The minimum Gasteiger partial charge on any atom is -0.494 e. The normalized spacial score (nSPS) is 18.2. The molecule has 11 heteroatoms. The molecule has 2 aromatic carbocycles. The molecular weight excluding hydrogens is 537 g/mol. The Morgan fingerprint density at radius 2 is 1.78 bits per heavy atom. The fraction of sp³-hybridized carbons (Fsp3) is 0.333. The summed E-state index contributed by atoms with van der Waals surface area (Å²) in [6.07, 6.45) is -1.39. The van der Waals surface area contributed by atoms with Gasteiger partial charge in [0.05, 0.1) is 30.6 Å². The SMILES string of the molecule is COc1cc(C(=O)NC[C@@](O)(c2cc(C(C)(C)O)c(F)c(-c3ccc(F)cc3)n2)C2C[C@H]2F)cc2cc(C)nnc12. The number of alkyl halides is 1. The van der Waals surface area contributed by atoms with Gasteiger partial charge in [-0.2, -0.15) is 5.10 Å². The van der Waals surface area contributed by atoms with Gasteiger partial charge in [-0.15, -0.1) is 5.10 Å². The Kier molecular flexibility index (Phi) is 7.20. The molecule has 3 N–H and O–H groups in total. The summed E-state index contributed by atoms with van der Waals surface area (Å²) in [5.74, 6) is -2.62. The van der Waals surface area contributed by atoms with E-state index >= 15 is 4.39 Å². The predicted octanol–water partition coefficient (Wildman–Crippen LogP) is 4.49. The van der Waals surface area contributed by atoms with Gasteiger partial charge in [-0.3, -0.25) is 4.79 Å². The van der Waals surface area contributed by atoms with Crippen LogP contribution in [0.3, 0.4) is 0 Å². The first-order valence-electron chi connectivity index (χ1n) is 13.0. The van der Waals surface area contributed by atoms with Gasteiger partial charge in [0.25, 0.3) is 5.91 Å². The van der Waals surface area contributed by atoms with E-state index in [0.29, 0.717) is 22.3 Å². The zero-order chi connectivity index (χ0) is 29.7. The molecule has 2 aromatic heterocycles. The standard InChI is InChI=1S/C30H29F3N4O4/c1-15-9-17-10-18(11-23(41-4)26(17)37-36-15)28(38)34-14-30(40,20-12-22(20)32)24-13-21(29(2,3)39)25(33)27(35-24)16-5-7-19(31)8-6-16/h5-11,13,20,22,39-40H,12,14H2,1-4H3,(H,34,38)/t20?,22-,30+/m1/s1. The number of nitrogens with zero attached hydrogens (tertiary/aromatic N) is 3. The Hall–Kier alpha value is -4.09. The largest absolute Gasteiger partial charge is 0.494 e. The zero-order valence-electron chi connectivity index (χ0n) is 22.9. The molecule has 214 valence electrons. The first kappa shape index (κ1) is 28.4. The number of nitrogens with one attached hydrogen (secondary N) is 1. The number of halogens is 3. The molecule has 0 aliphatic heterocycles. The van der Waals surface area contributed by atoms with E-state index in [9.17, 15) is 23.8 Å². The summed E-state index contributed by atoms with van der Waals surface area (Å²) in [6.45, 7) is 4.02. The first-order valence-corrected chi connectivity index (χ1v) is 13.0. The third-order valence-electron chi connectivity index (χ3n) is 7.28. The number of aromatic nitrogens is 3. The molecule has 41 heavy (non-hydrogen) atoms. The maximum absolute atomic E-state index is 15.6. The van der Waals surface area contributed by atoms with Crippen LogP contribution in [-0.2, 0) is 11.2 Å². The molecule has 1 aliphatic carbocycles. The van der Waals surface area contributed by atoms with Crippen molar-refractivity contribution >= 4 is 16.8 Å². The number of fused-ring (bicyclic) bond motifs is 1. The van der Waals surface area contributed by atoms with Gasteiger partial charge in [0.2, 0.25) is 0 Å². The average Bonchev–Trinajstić information content (AvgIpc) is 3.67. The molecule has 0 spiro atoms. The number of methoxy groups -OCH3 is 1. The summed E-state index contributed by atoms with van der Waals surface area (Å²) in [6, 6.07) is 10.9. The lowest BCUT2D eigenvalue weighted by Crippen LogP contribution is -2.44. The lowest BCUT2D eigenvalue weighted by Gasteiger charge is -2.30. The highest BCUT2D eigenvalue weighted by atomic mass is 19.1. The van der Waals surface area contributed by atoms with E-state index in [1.165, 1.54) is 45.2 Å². The van der Waals surface area contributed by atoms with E-state index in [4.69, 9.17) is 4.74 Å². The molecule has 4 aromatic rings. The van der Waals surface area contributed by atoms with Gasteiger partial charge in [0, 0.05) is 28.0 Å². The van der Waals surface area contributed by atoms with Crippen molar-refractivity contribution in [2.75, 3.05) is 13.7 Å². The minimum atomic E-state index is -2.06. The van der Waals surface area contributed by atoms with Gasteiger partial charge in [0.1, 0.15) is 34.6 Å². The van der Waals surface area contributed by atoms with Crippen LogP contribution in [0.15, 0.2) is 48.5 Å². The highest BCUT2D eigenvalue weighted by Gasteiger charge is 2.55. The summed E-state index contributed by atoms with van der Waals surface area (Å²) in [5, 5.41) is 34.0. The molecule has 0 radical (unpaired) electrons. The Bertz CT molecular complexity index is 1640. The molecule has 0 saturated heterocycles. The monoisotopic (exact) mass is 566 g/mol. The molecule has 1 saturated carbocycles. The lowest BCUT2D eigenvalue weighted by atomic mass is 9.87. The molecule has 1 fully saturated rings. The quantitative estimate of drug-likeness (QED) is 0.288. The van der Waals surface area contributed by atoms with Crippen molar-refractivity contribution in [2.24, 2.45) is 5.92 Å². The van der Waals surface area contributed by atoms with E-state index in [-0.39, 0.29) is 34.5 Å². The minimum absolute atomic E-state index is 0.00307. The lowest BCUT2D eigenvalue weighted by molar-refractivity contribution is 0.00164. The third kappa shape index (κ3) is 5.47. The van der Waals surface area contributed by atoms with E-state index in [2.05, 4.69) is 20.5 Å². The number of ether oxygens (including phenoxy) is 1. The predicted molar refractivity (Wildman–Crippen MR) is 145 cm³/mol. The van der Waals surface area contributed by atoms with Crippen LogP contribution in [0.25, 0.3) is 22.2 Å². The molecule has 8 nitrogen and oxygen atoms in total. The number of aryl methyl sites for hydroxylation is 1. The van der Waals surface area contributed by atoms with Crippen LogP contribution < -0.4 is 10.1 Å². The van der Waals surface area contributed by atoms with E-state index < -0.39 is 47.4 Å². The van der Waals surface area contributed by atoms with Crippen LogP contribution in [0, 0.1) is 24.5 Å². The summed E-state index contributed by atoms with van der Waals surface area (Å²) in [7, 11) is 1.43.